The maximum absolute atomic E-state index is 5.40. The van der Waals surface area contributed by atoms with Crippen LogP contribution in [0.3, 0.4) is 0 Å². The molecular weight excluding hydrogens is 166 g/mol. The van der Waals surface area contributed by atoms with Gasteiger partial charge in [0.2, 0.25) is 5.95 Å². The number of aromatic nitrogens is 4. The van der Waals surface area contributed by atoms with Crippen molar-refractivity contribution in [3.05, 3.63) is 30.4 Å². The third kappa shape index (κ3) is 1.35. The summed E-state index contributed by atoms with van der Waals surface area (Å²) in [5, 5.41) is 3.99. The minimum atomic E-state index is 0.267. The normalized spacial score (nSPS) is 10.2. The molecule has 13 heavy (non-hydrogen) atoms. The number of rotatable bonds is 1. The van der Waals surface area contributed by atoms with Crippen LogP contribution in [-0.4, -0.2) is 19.7 Å². The minimum Gasteiger partial charge on any atom is -0.366 e. The fourth-order valence-electron chi connectivity index (χ4n) is 1.11. The van der Waals surface area contributed by atoms with Crippen molar-refractivity contribution in [3.8, 4) is 5.69 Å². The van der Waals surface area contributed by atoms with Crippen LogP contribution in [0.15, 0.2) is 24.7 Å². The van der Waals surface area contributed by atoms with Gasteiger partial charge in [-0.1, -0.05) is 0 Å². The molecule has 5 nitrogen and oxygen atoms in total. The smallest absolute Gasteiger partial charge is 0.239 e. The van der Waals surface area contributed by atoms with Gasteiger partial charge in [-0.2, -0.15) is 0 Å². The van der Waals surface area contributed by atoms with E-state index in [1.54, 1.807) is 17.2 Å². The lowest BCUT2D eigenvalue weighted by atomic mass is 10.3. The Balaban J connectivity index is 2.52. The molecule has 2 aromatic rings. The van der Waals surface area contributed by atoms with Crippen molar-refractivity contribution in [1.29, 1.82) is 0 Å². The zero-order valence-corrected chi connectivity index (χ0v) is 7.18. The summed E-state index contributed by atoms with van der Waals surface area (Å²) in [5.41, 5.74) is 7.19. The summed E-state index contributed by atoms with van der Waals surface area (Å²) in [6.45, 7) is 1.91. The first-order valence-electron chi connectivity index (χ1n) is 3.86. The molecule has 0 atom stereocenters. The van der Waals surface area contributed by atoms with Gasteiger partial charge in [-0.3, -0.25) is 4.98 Å². The van der Waals surface area contributed by atoms with E-state index in [2.05, 4.69) is 15.1 Å². The Morgan fingerprint density at radius 2 is 2.23 bits per heavy atom. The van der Waals surface area contributed by atoms with Crippen LogP contribution >= 0.6 is 0 Å². The summed E-state index contributed by atoms with van der Waals surface area (Å²) in [6, 6.07) is 3.76. The molecule has 0 saturated carbocycles. The highest BCUT2D eigenvalue weighted by atomic mass is 15.4. The molecule has 5 heteroatoms. The zero-order valence-electron chi connectivity index (χ0n) is 7.18. The van der Waals surface area contributed by atoms with Gasteiger partial charge < -0.3 is 5.73 Å². The Morgan fingerprint density at radius 3 is 2.85 bits per heavy atom. The molecule has 0 saturated heterocycles. The molecule has 0 amide bonds. The van der Waals surface area contributed by atoms with Gasteiger partial charge in [0, 0.05) is 6.20 Å². The Hall–Kier alpha value is -1.91. The Kier molecular flexibility index (Phi) is 1.70. The number of pyridine rings is 1. The van der Waals surface area contributed by atoms with Gasteiger partial charge in [0.1, 0.15) is 6.33 Å². The van der Waals surface area contributed by atoms with E-state index in [0.717, 1.165) is 11.4 Å². The molecule has 0 aliphatic rings. The van der Waals surface area contributed by atoms with Gasteiger partial charge in [0.15, 0.2) is 0 Å². The van der Waals surface area contributed by atoms with Gasteiger partial charge in [-0.25, -0.2) is 9.67 Å². The van der Waals surface area contributed by atoms with Crippen LogP contribution in [0, 0.1) is 6.92 Å². The second-order valence-electron chi connectivity index (χ2n) is 2.66. The summed E-state index contributed by atoms with van der Waals surface area (Å²) in [7, 11) is 0. The molecule has 0 spiro atoms. The molecule has 0 aliphatic carbocycles. The van der Waals surface area contributed by atoms with E-state index in [9.17, 15) is 0 Å². The highest BCUT2D eigenvalue weighted by molar-refractivity contribution is 5.34. The lowest BCUT2D eigenvalue weighted by Gasteiger charge is -2.01. The number of hydrogen-bond donors (Lipinski definition) is 1. The second kappa shape index (κ2) is 2.85. The van der Waals surface area contributed by atoms with Crippen molar-refractivity contribution in [2.75, 3.05) is 5.73 Å². The van der Waals surface area contributed by atoms with Crippen LogP contribution < -0.4 is 5.73 Å². The standard InChI is InChI=1S/C8H9N5/c1-6-7(3-2-4-10-6)13-5-11-8(9)12-13/h2-5H,1H3,(H2,9,12). The average molecular weight is 175 g/mol. The molecule has 0 unspecified atom stereocenters. The molecule has 2 aromatic heterocycles. The van der Waals surface area contributed by atoms with Crippen molar-refractivity contribution in [1.82, 2.24) is 19.7 Å². The van der Waals surface area contributed by atoms with E-state index >= 15 is 0 Å². The summed E-state index contributed by atoms with van der Waals surface area (Å²) in [4.78, 5) is 7.97. The third-order valence-electron chi connectivity index (χ3n) is 1.74. The lowest BCUT2D eigenvalue weighted by molar-refractivity contribution is 0.864. The highest BCUT2D eigenvalue weighted by Gasteiger charge is 2.02. The summed E-state index contributed by atoms with van der Waals surface area (Å²) in [6.07, 6.45) is 3.30. The topological polar surface area (TPSA) is 69.6 Å². The molecule has 2 N–H and O–H groups in total. The van der Waals surface area contributed by atoms with Crippen LogP contribution in [0.5, 0.6) is 0 Å². The maximum Gasteiger partial charge on any atom is 0.239 e. The number of nitrogens with zero attached hydrogens (tertiary/aromatic N) is 4. The highest BCUT2D eigenvalue weighted by Crippen LogP contribution is 2.08. The molecule has 0 radical (unpaired) electrons. The number of aryl methyl sites for hydroxylation is 1. The first-order valence-corrected chi connectivity index (χ1v) is 3.86. The van der Waals surface area contributed by atoms with E-state index in [0.29, 0.717) is 0 Å². The van der Waals surface area contributed by atoms with Crippen molar-refractivity contribution in [2.45, 2.75) is 6.92 Å². The monoisotopic (exact) mass is 175 g/mol. The quantitative estimate of drug-likeness (QED) is 0.687. The molecule has 2 heterocycles. The fraction of sp³-hybridized carbons (Fsp3) is 0.125. The van der Waals surface area contributed by atoms with Crippen molar-refractivity contribution in [3.63, 3.8) is 0 Å². The van der Waals surface area contributed by atoms with E-state index < -0.39 is 0 Å². The van der Waals surface area contributed by atoms with E-state index in [1.165, 1.54) is 0 Å². The number of hydrogen-bond acceptors (Lipinski definition) is 4. The predicted molar refractivity (Wildman–Crippen MR) is 48.3 cm³/mol. The number of anilines is 1. The van der Waals surface area contributed by atoms with Gasteiger partial charge in [0.25, 0.3) is 0 Å². The first-order chi connectivity index (χ1) is 6.27. The van der Waals surface area contributed by atoms with Crippen LogP contribution in [0.2, 0.25) is 0 Å². The Bertz CT molecular complexity index is 420. The van der Waals surface area contributed by atoms with E-state index in [-0.39, 0.29) is 5.95 Å². The fourth-order valence-corrected chi connectivity index (χ4v) is 1.11. The third-order valence-corrected chi connectivity index (χ3v) is 1.74. The summed E-state index contributed by atoms with van der Waals surface area (Å²) < 4.78 is 1.61. The minimum absolute atomic E-state index is 0.267. The predicted octanol–water partition coefficient (Wildman–Crippen LogP) is 0.553. The summed E-state index contributed by atoms with van der Waals surface area (Å²) >= 11 is 0. The van der Waals surface area contributed by atoms with Crippen LogP contribution in [0.1, 0.15) is 5.69 Å². The molecule has 0 aliphatic heterocycles. The Morgan fingerprint density at radius 1 is 1.38 bits per heavy atom. The SMILES string of the molecule is Cc1ncccc1-n1cnc(N)n1. The van der Waals surface area contributed by atoms with Gasteiger partial charge >= 0.3 is 0 Å². The molecule has 2 rings (SSSR count). The number of nitrogens with two attached hydrogens (primary N) is 1. The van der Waals surface area contributed by atoms with E-state index in [4.69, 9.17) is 5.73 Å². The van der Waals surface area contributed by atoms with Crippen molar-refractivity contribution in [2.24, 2.45) is 0 Å². The largest absolute Gasteiger partial charge is 0.366 e. The van der Waals surface area contributed by atoms with Gasteiger partial charge in [-0.15, -0.1) is 5.10 Å². The second-order valence-corrected chi connectivity index (χ2v) is 2.66. The Labute approximate surface area is 75.2 Å². The van der Waals surface area contributed by atoms with E-state index in [1.807, 2.05) is 19.1 Å². The molecule has 0 bridgehead atoms. The van der Waals surface area contributed by atoms with Crippen LogP contribution in [0.25, 0.3) is 5.69 Å². The zero-order chi connectivity index (χ0) is 9.26. The van der Waals surface area contributed by atoms with Gasteiger partial charge in [0.05, 0.1) is 11.4 Å². The number of nitrogen functional groups attached to an aromatic ring is 1. The van der Waals surface area contributed by atoms with Crippen molar-refractivity contribution < 1.29 is 0 Å². The lowest BCUT2D eigenvalue weighted by Crippen LogP contribution is -1.99. The first kappa shape index (κ1) is 7.72. The molecule has 0 fully saturated rings. The van der Waals surface area contributed by atoms with Gasteiger partial charge in [-0.05, 0) is 19.1 Å². The molecule has 66 valence electrons. The average Bonchev–Trinajstić information content (AvgIpc) is 2.53. The summed E-state index contributed by atoms with van der Waals surface area (Å²) in [5.74, 6) is 0.267. The molecular formula is C8H9N5. The molecule has 0 aromatic carbocycles. The van der Waals surface area contributed by atoms with Crippen LogP contribution in [0.4, 0.5) is 5.95 Å². The van der Waals surface area contributed by atoms with Crippen molar-refractivity contribution >= 4 is 5.95 Å². The van der Waals surface area contributed by atoms with Crippen LogP contribution in [-0.2, 0) is 0 Å². The maximum atomic E-state index is 5.40.